The van der Waals surface area contributed by atoms with Crippen molar-refractivity contribution in [1.82, 2.24) is 0 Å². The van der Waals surface area contributed by atoms with Crippen LogP contribution in [0.5, 0.6) is 0 Å². The zero-order valence-electron chi connectivity index (χ0n) is 16.7. The fourth-order valence-corrected chi connectivity index (χ4v) is 2.11. The molecule has 162 valence electrons. The molecule has 0 radical (unpaired) electrons. The number of aliphatic hydroxyl groups excluding tert-OH is 4. The summed E-state index contributed by atoms with van der Waals surface area (Å²) in [6, 6.07) is 0. The first-order chi connectivity index (χ1) is 13.0. The number of ether oxygens (including phenoxy) is 2. The van der Waals surface area contributed by atoms with Crippen molar-refractivity contribution in [3.05, 3.63) is 36.6 Å². The molecule has 0 aromatic carbocycles. The van der Waals surface area contributed by atoms with Gasteiger partial charge in [0, 0.05) is 0 Å². The van der Waals surface area contributed by atoms with Crippen molar-refractivity contribution in [3.63, 3.8) is 0 Å². The summed E-state index contributed by atoms with van der Waals surface area (Å²) in [7, 11) is 6.97. The standard InChI is InChI=1S/C18H32N2O8/c1-9(2)13(19-5)17(25)27-7-11(21)15(23)16(24)12(22)8-28-18(26)14(20-6)10(3)4/h11-12,15-16,21-24H,5-8,19-20H2,1-4H3/t11-,12-,15-,16-/m1/s1. The van der Waals surface area contributed by atoms with Crippen LogP contribution in [0, 0.1) is 14.1 Å². The average molecular weight is 404 g/mol. The Labute approximate surface area is 164 Å². The Morgan fingerprint density at radius 2 is 1.04 bits per heavy atom. The van der Waals surface area contributed by atoms with Crippen molar-refractivity contribution in [2.24, 2.45) is 0 Å². The van der Waals surface area contributed by atoms with E-state index in [0.29, 0.717) is 11.1 Å². The van der Waals surface area contributed by atoms with Gasteiger partial charge in [-0.1, -0.05) is 0 Å². The highest BCUT2D eigenvalue weighted by Gasteiger charge is 2.32. The van der Waals surface area contributed by atoms with E-state index in [1.165, 1.54) is 10.6 Å². The molecular formula is C18H32N2O8. The van der Waals surface area contributed by atoms with Crippen molar-refractivity contribution in [3.8, 4) is 0 Å². The maximum absolute atomic E-state index is 11.8. The highest BCUT2D eigenvalue weighted by atomic mass is 16.6. The van der Waals surface area contributed by atoms with E-state index >= 15 is 0 Å². The number of hydrogen-bond donors (Lipinski definition) is 6. The molecule has 28 heavy (non-hydrogen) atoms. The van der Waals surface area contributed by atoms with E-state index in [9.17, 15) is 30.0 Å². The second-order valence-electron chi connectivity index (χ2n) is 6.55. The lowest BCUT2D eigenvalue weighted by molar-refractivity contribution is -0.539. The molecule has 4 atom stereocenters. The van der Waals surface area contributed by atoms with Crippen molar-refractivity contribution in [1.29, 1.82) is 0 Å². The zero-order chi connectivity index (χ0) is 22.0. The topological polar surface area (TPSA) is 167 Å². The highest BCUT2D eigenvalue weighted by molar-refractivity contribution is 5.86. The molecule has 0 aromatic rings. The number of rotatable bonds is 11. The molecule has 0 aromatic heterocycles. The lowest BCUT2D eigenvalue weighted by Crippen LogP contribution is -2.77. The number of nitrogens with two attached hydrogens (primary N) is 2. The van der Waals surface area contributed by atoms with Crippen molar-refractivity contribution < 1.29 is 50.1 Å². The molecule has 0 saturated heterocycles. The van der Waals surface area contributed by atoms with E-state index in [4.69, 9.17) is 9.47 Å². The number of aliphatic hydroxyl groups is 4. The summed E-state index contributed by atoms with van der Waals surface area (Å²) in [5, 5.41) is 42.2. The van der Waals surface area contributed by atoms with Gasteiger partial charge in [0.05, 0.1) is 0 Å². The Bertz CT molecular complexity index is 542. The predicted molar refractivity (Wildman–Crippen MR) is 97.3 cm³/mol. The molecular weight excluding hydrogens is 372 g/mol. The fraction of sp³-hybridized carbons (Fsp3) is 0.556. The predicted octanol–water partition coefficient (Wildman–Crippen LogP) is -3.19. The summed E-state index contributed by atoms with van der Waals surface area (Å²) in [6.45, 7) is 5.48. The summed E-state index contributed by atoms with van der Waals surface area (Å²) in [6.07, 6.45) is -7.03. The minimum Gasteiger partial charge on any atom is -0.455 e. The Morgan fingerprint density at radius 1 is 0.750 bits per heavy atom. The summed E-state index contributed by atoms with van der Waals surface area (Å²) >= 11 is 0. The average Bonchev–Trinajstić information content (AvgIpc) is 2.63. The van der Waals surface area contributed by atoms with Gasteiger partial charge >= 0.3 is 11.9 Å². The molecule has 0 aliphatic heterocycles. The van der Waals surface area contributed by atoms with Crippen LogP contribution in [0.3, 0.4) is 0 Å². The van der Waals surface area contributed by atoms with Gasteiger partial charge in [-0.15, -0.1) is 14.1 Å². The van der Waals surface area contributed by atoms with Crippen LogP contribution >= 0.6 is 0 Å². The van der Waals surface area contributed by atoms with Crippen LogP contribution in [0.2, 0.25) is 0 Å². The van der Waals surface area contributed by atoms with Crippen molar-refractivity contribution in [2.45, 2.75) is 52.1 Å². The molecule has 8 N–H and O–H groups in total. The van der Waals surface area contributed by atoms with Crippen LogP contribution < -0.4 is 10.6 Å². The smallest absolute Gasteiger partial charge is 0.390 e. The van der Waals surface area contributed by atoms with E-state index in [2.05, 4.69) is 14.1 Å². The third-order valence-corrected chi connectivity index (χ3v) is 3.83. The van der Waals surface area contributed by atoms with Gasteiger partial charge in [-0.05, 0) is 38.8 Å². The second kappa shape index (κ2) is 12.6. The summed E-state index contributed by atoms with van der Waals surface area (Å²) < 4.78 is 9.73. The van der Waals surface area contributed by atoms with Crippen LogP contribution in [0.4, 0.5) is 0 Å². The molecule has 10 heteroatoms. The molecule has 0 heterocycles. The molecule has 0 rings (SSSR count). The maximum Gasteiger partial charge on any atom is 0.390 e. The maximum atomic E-state index is 11.8. The number of carbonyl (C=O) groups excluding carboxylic acids is 2. The van der Waals surface area contributed by atoms with E-state index in [1.54, 1.807) is 27.7 Å². The van der Waals surface area contributed by atoms with E-state index in [0.717, 1.165) is 0 Å². The molecule has 0 saturated carbocycles. The number of hydrogen-bond acceptors (Lipinski definition) is 8. The highest BCUT2D eigenvalue weighted by Crippen LogP contribution is 2.08. The lowest BCUT2D eigenvalue weighted by atomic mass is 10.0. The third kappa shape index (κ3) is 8.05. The lowest BCUT2D eigenvalue weighted by Gasteiger charge is -2.26. The first kappa shape index (κ1) is 26.2. The van der Waals surface area contributed by atoms with Crippen LogP contribution in [0.15, 0.2) is 22.5 Å². The largest absolute Gasteiger partial charge is 0.455 e. The Balaban J connectivity index is 4.69. The normalized spacial score (nSPS) is 15.1. The van der Waals surface area contributed by atoms with Gasteiger partial charge in [0.25, 0.3) is 0 Å². The number of allylic oxidation sites excluding steroid dienone is 2. The first-order valence-electron chi connectivity index (χ1n) is 8.64. The van der Waals surface area contributed by atoms with Gasteiger partial charge in [-0.3, -0.25) is 0 Å². The molecule has 0 bridgehead atoms. The quantitative estimate of drug-likeness (QED) is 0.119. The zero-order valence-corrected chi connectivity index (χ0v) is 16.7. The molecule has 0 aliphatic carbocycles. The summed E-state index contributed by atoms with van der Waals surface area (Å²) in [5.74, 6) is -1.49. The Morgan fingerprint density at radius 3 is 1.25 bits per heavy atom. The van der Waals surface area contributed by atoms with Crippen LogP contribution in [-0.4, -0.2) is 70.0 Å². The van der Waals surface area contributed by atoms with Gasteiger partial charge < -0.3 is 40.5 Å². The molecule has 10 nitrogen and oxygen atoms in total. The van der Waals surface area contributed by atoms with Gasteiger partial charge in [0.1, 0.15) is 37.6 Å². The number of carbonyl (C=O) groups is 2. The third-order valence-electron chi connectivity index (χ3n) is 3.83. The van der Waals surface area contributed by atoms with Crippen molar-refractivity contribution >= 4 is 11.9 Å². The van der Waals surface area contributed by atoms with Gasteiger partial charge in [0.2, 0.25) is 0 Å². The van der Waals surface area contributed by atoms with Gasteiger partial charge in [-0.25, -0.2) is 9.59 Å². The Hall–Kier alpha value is -1.82. The summed E-state index contributed by atoms with van der Waals surface area (Å²) in [5.41, 5.74) is 1.74. The molecule has 0 aliphatic rings. The van der Waals surface area contributed by atoms with E-state index in [-0.39, 0.29) is 11.4 Å². The summed E-state index contributed by atoms with van der Waals surface area (Å²) in [4.78, 5) is 23.7. The number of esters is 2. The fourth-order valence-electron chi connectivity index (χ4n) is 2.11. The SMILES string of the molecule is [CH2-][NH2+]C(C(=O)OC[C@@H](O)[C@@H](O)[C@H](O)[C@H](O)COC(=O)C([NH2+][CH2-])=C(C)C)=C(C)C. The minimum atomic E-state index is -1.84. The van der Waals surface area contributed by atoms with Gasteiger partial charge in [0.15, 0.2) is 11.4 Å². The molecule has 0 spiro atoms. The van der Waals surface area contributed by atoms with Crippen molar-refractivity contribution in [2.75, 3.05) is 13.2 Å². The van der Waals surface area contributed by atoms with Crippen LogP contribution in [0.1, 0.15) is 27.7 Å². The van der Waals surface area contributed by atoms with E-state index in [1.807, 2.05) is 0 Å². The van der Waals surface area contributed by atoms with Crippen LogP contribution in [-0.2, 0) is 19.1 Å². The minimum absolute atomic E-state index is 0.214. The molecule has 0 unspecified atom stereocenters. The second-order valence-corrected chi connectivity index (χ2v) is 6.55. The monoisotopic (exact) mass is 404 g/mol. The first-order valence-corrected chi connectivity index (χ1v) is 8.64. The molecule has 0 fully saturated rings. The van der Waals surface area contributed by atoms with Gasteiger partial charge in [-0.2, -0.15) is 0 Å². The van der Waals surface area contributed by atoms with Crippen LogP contribution in [0.25, 0.3) is 0 Å². The Kier molecular flexibility index (Phi) is 11.8. The molecule has 0 amide bonds. The van der Waals surface area contributed by atoms with E-state index < -0.39 is 49.6 Å². The number of quaternary nitrogens is 2.